The quantitative estimate of drug-likeness (QED) is 0.695. The highest BCUT2D eigenvalue weighted by Gasteiger charge is 2.53. The molecule has 4 rings (SSSR count). The van der Waals surface area contributed by atoms with Crippen LogP contribution in [-0.2, 0) is 14.3 Å². The molecule has 1 saturated carbocycles. The molecule has 1 aromatic rings. The third kappa shape index (κ3) is 4.05. The number of anilines is 1. The normalized spacial score (nSPS) is 26.1. The monoisotopic (exact) mass is 440 g/mol. The minimum Gasteiger partial charge on any atom is -0.478 e. The first-order valence-electron chi connectivity index (χ1n) is 12.0. The molecule has 3 aliphatic rings. The number of carbonyl (C=O) groups is 2. The highest BCUT2D eigenvalue weighted by molar-refractivity contribution is 6.04. The largest absolute Gasteiger partial charge is 0.478 e. The summed E-state index contributed by atoms with van der Waals surface area (Å²) in [4.78, 5) is 29.7. The zero-order chi connectivity index (χ0) is 22.9. The zero-order valence-corrected chi connectivity index (χ0v) is 19.5. The van der Waals surface area contributed by atoms with Gasteiger partial charge in [0.1, 0.15) is 0 Å². The molecule has 0 aromatic heterocycles. The summed E-state index contributed by atoms with van der Waals surface area (Å²) >= 11 is 0. The van der Waals surface area contributed by atoms with Gasteiger partial charge in [-0.1, -0.05) is 32.0 Å². The molecule has 2 heterocycles. The van der Waals surface area contributed by atoms with Crippen molar-refractivity contribution < 1.29 is 19.4 Å². The Morgan fingerprint density at radius 2 is 1.69 bits per heavy atom. The van der Waals surface area contributed by atoms with Gasteiger partial charge < -0.3 is 19.6 Å². The number of carboxylic acids is 1. The van der Waals surface area contributed by atoms with Crippen LogP contribution in [0.1, 0.15) is 52.4 Å². The van der Waals surface area contributed by atoms with Gasteiger partial charge in [-0.2, -0.15) is 0 Å². The van der Waals surface area contributed by atoms with Gasteiger partial charge in [0.05, 0.1) is 30.3 Å². The Bertz CT molecular complexity index is 863. The van der Waals surface area contributed by atoms with Crippen LogP contribution in [0, 0.1) is 11.8 Å². The summed E-state index contributed by atoms with van der Waals surface area (Å²) in [5.41, 5.74) is 0.796. The Morgan fingerprint density at radius 1 is 1.06 bits per heavy atom. The fourth-order valence-electron chi connectivity index (χ4n) is 6.28. The number of hydrogen-bond acceptors (Lipinski definition) is 5. The number of benzene rings is 1. The van der Waals surface area contributed by atoms with Crippen molar-refractivity contribution in [3.63, 3.8) is 0 Å². The summed E-state index contributed by atoms with van der Waals surface area (Å²) < 4.78 is 4.98. The van der Waals surface area contributed by atoms with Crippen LogP contribution in [0.5, 0.6) is 0 Å². The third-order valence-corrected chi connectivity index (χ3v) is 8.14. The molecule has 1 saturated heterocycles. The second kappa shape index (κ2) is 9.26. The molecule has 2 fully saturated rings. The molecule has 2 aliphatic heterocycles. The van der Waals surface area contributed by atoms with Gasteiger partial charge in [0, 0.05) is 24.8 Å². The predicted octanol–water partition coefficient (Wildman–Crippen LogP) is 4.11. The first-order valence-corrected chi connectivity index (χ1v) is 12.0. The lowest BCUT2D eigenvalue weighted by Crippen LogP contribution is -2.57. The minimum atomic E-state index is -1.00. The van der Waals surface area contributed by atoms with Gasteiger partial charge in [0.2, 0.25) is 0 Å². The number of likely N-dealkylation sites (tertiary alicyclic amines) is 1. The van der Waals surface area contributed by atoms with Crippen LogP contribution < -0.4 is 4.90 Å². The number of nitrogens with zero attached hydrogens (tertiary/aromatic N) is 2. The molecule has 6 heteroatoms. The van der Waals surface area contributed by atoms with Crippen molar-refractivity contribution in [2.24, 2.45) is 11.8 Å². The van der Waals surface area contributed by atoms with Crippen molar-refractivity contribution in [3.8, 4) is 0 Å². The van der Waals surface area contributed by atoms with Crippen LogP contribution in [0.15, 0.2) is 41.5 Å². The molecule has 174 valence electrons. The Morgan fingerprint density at radius 3 is 2.22 bits per heavy atom. The van der Waals surface area contributed by atoms with Gasteiger partial charge >= 0.3 is 11.9 Å². The smallest absolute Gasteiger partial charge is 0.336 e. The van der Waals surface area contributed by atoms with Gasteiger partial charge in [0.25, 0.3) is 0 Å². The van der Waals surface area contributed by atoms with Crippen LogP contribution in [0.2, 0.25) is 0 Å². The second-order valence-electron chi connectivity index (χ2n) is 9.95. The Labute approximate surface area is 191 Å². The van der Waals surface area contributed by atoms with E-state index in [1.54, 1.807) is 0 Å². The lowest BCUT2D eigenvalue weighted by Gasteiger charge is -2.49. The lowest BCUT2D eigenvalue weighted by molar-refractivity contribution is -0.138. The van der Waals surface area contributed by atoms with E-state index >= 15 is 0 Å². The van der Waals surface area contributed by atoms with Crippen molar-refractivity contribution >= 4 is 17.6 Å². The molecule has 1 aromatic carbocycles. The molecule has 1 N–H and O–H groups in total. The number of carbonyl (C=O) groups excluding carboxylic acids is 1. The van der Waals surface area contributed by atoms with Gasteiger partial charge in [-0.25, -0.2) is 9.59 Å². The first-order chi connectivity index (χ1) is 15.4. The number of esters is 1. The molecule has 1 aliphatic carbocycles. The Balaban J connectivity index is 1.59. The van der Waals surface area contributed by atoms with E-state index in [2.05, 4.69) is 23.6 Å². The van der Waals surface area contributed by atoms with Crippen LogP contribution in [0.4, 0.5) is 5.69 Å². The van der Waals surface area contributed by atoms with Crippen LogP contribution >= 0.6 is 0 Å². The number of hydrogen-bond donors (Lipinski definition) is 1. The molecular weight excluding hydrogens is 404 g/mol. The SMILES string of the molecule is COC(=O)C1=C(C(=O)O)C2(CCN(C3CCC(C(C)C)CC3)CC2)N(c2ccccc2)C1. The van der Waals surface area contributed by atoms with E-state index in [0.29, 0.717) is 18.9 Å². The molecule has 1 spiro atoms. The number of ether oxygens (including phenoxy) is 1. The van der Waals surface area contributed by atoms with E-state index in [1.807, 2.05) is 30.3 Å². The van der Waals surface area contributed by atoms with E-state index in [0.717, 1.165) is 30.6 Å². The summed E-state index contributed by atoms with van der Waals surface area (Å²) in [7, 11) is 1.32. The highest BCUT2D eigenvalue weighted by Crippen LogP contribution is 2.46. The molecular formula is C26H36N2O4. The summed E-state index contributed by atoms with van der Waals surface area (Å²) in [6.07, 6.45) is 6.43. The summed E-state index contributed by atoms with van der Waals surface area (Å²) in [6, 6.07) is 10.5. The summed E-state index contributed by atoms with van der Waals surface area (Å²) in [6.45, 7) is 6.63. The van der Waals surface area contributed by atoms with E-state index in [9.17, 15) is 14.7 Å². The van der Waals surface area contributed by atoms with Crippen molar-refractivity contribution in [2.45, 2.75) is 64.0 Å². The van der Waals surface area contributed by atoms with Crippen LogP contribution in [-0.4, -0.2) is 60.3 Å². The Kier molecular flexibility index (Phi) is 6.61. The number of aliphatic carboxylic acids is 1. The summed E-state index contributed by atoms with van der Waals surface area (Å²) in [5, 5.41) is 10.2. The maximum Gasteiger partial charge on any atom is 0.336 e. The average Bonchev–Trinajstić information content (AvgIpc) is 3.14. The second-order valence-corrected chi connectivity index (χ2v) is 9.95. The van der Waals surface area contributed by atoms with Crippen molar-refractivity contribution in [3.05, 3.63) is 41.5 Å². The fraction of sp³-hybridized carbons (Fsp3) is 0.615. The molecule has 6 nitrogen and oxygen atoms in total. The topological polar surface area (TPSA) is 70.1 Å². The fourth-order valence-corrected chi connectivity index (χ4v) is 6.28. The van der Waals surface area contributed by atoms with Crippen LogP contribution in [0.25, 0.3) is 0 Å². The van der Waals surface area contributed by atoms with E-state index in [4.69, 9.17) is 4.74 Å². The Hall–Kier alpha value is -2.34. The third-order valence-electron chi connectivity index (χ3n) is 8.14. The number of carboxylic acid groups (broad SMARTS) is 1. The van der Waals surface area contributed by atoms with Gasteiger partial charge in [-0.3, -0.25) is 0 Å². The highest BCUT2D eigenvalue weighted by atomic mass is 16.5. The molecule has 0 atom stereocenters. The molecule has 0 bridgehead atoms. The number of rotatable bonds is 5. The lowest BCUT2D eigenvalue weighted by atomic mass is 9.76. The number of methoxy groups -OCH3 is 1. The standard InChI is InChI=1S/C26H36N2O4/c1-18(2)19-9-11-20(12-10-19)27-15-13-26(14-16-27)23(24(29)30)22(25(31)32-3)17-28(26)21-7-5-4-6-8-21/h4-8,18-20H,9-17H2,1-3H3,(H,29,30). The first kappa shape index (κ1) is 22.8. The maximum atomic E-state index is 12.5. The van der Waals surface area contributed by atoms with E-state index in [-0.39, 0.29) is 17.7 Å². The predicted molar refractivity (Wildman–Crippen MR) is 125 cm³/mol. The maximum absolute atomic E-state index is 12.5. The number of para-hydroxylation sites is 1. The van der Waals surface area contributed by atoms with Crippen molar-refractivity contribution in [1.29, 1.82) is 0 Å². The summed E-state index contributed by atoms with van der Waals surface area (Å²) in [5.74, 6) is 0.0396. The number of piperidine rings is 1. The molecule has 0 radical (unpaired) electrons. The van der Waals surface area contributed by atoms with Gasteiger partial charge in [0.15, 0.2) is 0 Å². The average molecular weight is 441 g/mol. The van der Waals surface area contributed by atoms with Gasteiger partial charge in [-0.05, 0) is 62.5 Å². The molecule has 0 unspecified atom stereocenters. The van der Waals surface area contributed by atoms with E-state index in [1.165, 1.54) is 32.8 Å². The van der Waals surface area contributed by atoms with Crippen molar-refractivity contribution in [2.75, 3.05) is 31.6 Å². The minimum absolute atomic E-state index is 0.233. The zero-order valence-electron chi connectivity index (χ0n) is 19.5. The van der Waals surface area contributed by atoms with E-state index < -0.39 is 17.5 Å². The molecule has 0 amide bonds. The van der Waals surface area contributed by atoms with Crippen molar-refractivity contribution in [1.82, 2.24) is 4.90 Å². The van der Waals surface area contributed by atoms with Crippen LogP contribution in [0.3, 0.4) is 0 Å². The van der Waals surface area contributed by atoms with Gasteiger partial charge in [-0.15, -0.1) is 0 Å². The molecule has 32 heavy (non-hydrogen) atoms.